The van der Waals surface area contributed by atoms with Crippen LogP contribution in [0.2, 0.25) is 0 Å². The Morgan fingerprint density at radius 3 is 1.76 bits per heavy atom. The molecule has 3 heterocycles. The van der Waals surface area contributed by atoms with Crippen LogP contribution in [-0.4, -0.2) is 61.6 Å². The van der Waals surface area contributed by atoms with Gasteiger partial charge in [0.25, 0.3) is 0 Å². The van der Waals surface area contributed by atoms with Crippen LogP contribution in [0.25, 0.3) is 0 Å². The predicted molar refractivity (Wildman–Crippen MR) is 131 cm³/mol. The maximum atomic E-state index is 10.9. The second-order valence-corrected chi connectivity index (χ2v) is 10.0. The number of Topliss-reactive ketones (excluding diaryl/α,β-unsaturated/α-hetero) is 1. The summed E-state index contributed by atoms with van der Waals surface area (Å²) in [6, 6.07) is 21.0. The predicted octanol–water partition coefficient (Wildman–Crippen LogP) is 4.71. The standard InChI is InChI=1S/C21H25NO2.C7H13NO/c1-16-15-22(2)14-13-21(16)23-19(17-9-5-3-6-10-17)20(24-21)18-11-7-4-8-12-18;1-6-5-8(2)4-3-7(6)9/h3-12,16,19-20H,13-15H2,1-2H3;6H,3-5H2,1-2H3. The Morgan fingerprint density at radius 2 is 1.30 bits per heavy atom. The second kappa shape index (κ2) is 10.5. The van der Waals surface area contributed by atoms with Crippen molar-refractivity contribution in [3.8, 4) is 0 Å². The Balaban J connectivity index is 0.000000243. The van der Waals surface area contributed by atoms with Crippen LogP contribution in [0.3, 0.4) is 0 Å². The molecule has 0 radical (unpaired) electrons. The number of rotatable bonds is 2. The average molecular weight is 451 g/mol. The number of hydrogen-bond donors (Lipinski definition) is 0. The van der Waals surface area contributed by atoms with Gasteiger partial charge in [-0.2, -0.15) is 0 Å². The number of likely N-dealkylation sites (tertiary alicyclic amines) is 2. The van der Waals surface area contributed by atoms with Gasteiger partial charge in [0.1, 0.15) is 18.0 Å². The van der Waals surface area contributed by atoms with Gasteiger partial charge in [-0.3, -0.25) is 4.79 Å². The molecule has 4 unspecified atom stereocenters. The number of carbonyl (C=O) groups is 1. The first kappa shape index (κ1) is 24.1. The zero-order chi connectivity index (χ0) is 23.4. The molecule has 2 aromatic carbocycles. The van der Waals surface area contributed by atoms with E-state index in [1.54, 1.807) is 0 Å². The molecule has 5 rings (SSSR count). The van der Waals surface area contributed by atoms with E-state index in [1.807, 2.05) is 19.1 Å². The van der Waals surface area contributed by atoms with Crippen LogP contribution in [0.15, 0.2) is 60.7 Å². The average Bonchev–Trinajstić information content (AvgIpc) is 3.22. The number of carbonyl (C=O) groups excluding carboxylic acids is 1. The number of nitrogens with zero attached hydrogens (tertiary/aromatic N) is 2. The Hall–Kier alpha value is -2.05. The highest BCUT2D eigenvalue weighted by atomic mass is 16.8. The van der Waals surface area contributed by atoms with Crippen molar-refractivity contribution in [2.24, 2.45) is 11.8 Å². The molecule has 0 aromatic heterocycles. The van der Waals surface area contributed by atoms with Crippen LogP contribution in [0.4, 0.5) is 0 Å². The maximum absolute atomic E-state index is 10.9. The Morgan fingerprint density at radius 1 is 0.788 bits per heavy atom. The lowest BCUT2D eigenvalue weighted by atomic mass is 9.92. The van der Waals surface area contributed by atoms with Crippen molar-refractivity contribution < 1.29 is 14.3 Å². The minimum atomic E-state index is -0.479. The van der Waals surface area contributed by atoms with E-state index in [0.717, 1.165) is 39.0 Å². The van der Waals surface area contributed by atoms with Gasteiger partial charge < -0.3 is 19.3 Å². The second-order valence-electron chi connectivity index (χ2n) is 10.0. The Kier molecular flexibility index (Phi) is 7.65. The summed E-state index contributed by atoms with van der Waals surface area (Å²) in [5, 5.41) is 0. The number of hydrogen-bond acceptors (Lipinski definition) is 5. The molecule has 4 atom stereocenters. The molecular formula is C28H38N2O3. The van der Waals surface area contributed by atoms with Gasteiger partial charge >= 0.3 is 0 Å². The normalized spacial score (nSPS) is 33.0. The summed E-state index contributed by atoms with van der Waals surface area (Å²) < 4.78 is 13.3. The lowest BCUT2D eigenvalue weighted by Crippen LogP contribution is -2.50. The highest BCUT2D eigenvalue weighted by Crippen LogP contribution is 2.52. The summed E-state index contributed by atoms with van der Waals surface area (Å²) in [4.78, 5) is 15.5. The maximum Gasteiger partial charge on any atom is 0.175 e. The zero-order valence-electron chi connectivity index (χ0n) is 20.4. The van der Waals surface area contributed by atoms with E-state index in [4.69, 9.17) is 9.47 Å². The topological polar surface area (TPSA) is 42.0 Å². The zero-order valence-corrected chi connectivity index (χ0v) is 20.4. The fraction of sp³-hybridized carbons (Fsp3) is 0.536. The van der Waals surface area contributed by atoms with Crippen molar-refractivity contribution >= 4 is 5.78 Å². The fourth-order valence-corrected chi connectivity index (χ4v) is 5.20. The van der Waals surface area contributed by atoms with E-state index < -0.39 is 5.79 Å². The van der Waals surface area contributed by atoms with Crippen molar-refractivity contribution in [2.45, 2.75) is 44.7 Å². The Labute approximate surface area is 198 Å². The van der Waals surface area contributed by atoms with E-state index in [0.29, 0.717) is 11.7 Å². The number of benzene rings is 2. The molecule has 5 heteroatoms. The van der Waals surface area contributed by atoms with Crippen LogP contribution >= 0.6 is 0 Å². The lowest BCUT2D eigenvalue weighted by Gasteiger charge is -2.41. The molecule has 2 aromatic rings. The molecule has 3 fully saturated rings. The third-order valence-corrected chi connectivity index (χ3v) is 7.24. The summed E-state index contributed by atoms with van der Waals surface area (Å²) >= 11 is 0. The van der Waals surface area contributed by atoms with Gasteiger partial charge in [-0.1, -0.05) is 74.5 Å². The molecule has 0 saturated carbocycles. The molecule has 0 N–H and O–H groups in total. The molecular weight excluding hydrogens is 412 g/mol. The summed E-state index contributed by atoms with van der Waals surface area (Å²) in [5.74, 6) is 0.557. The fourth-order valence-electron chi connectivity index (χ4n) is 5.20. The largest absolute Gasteiger partial charge is 0.338 e. The van der Waals surface area contributed by atoms with Crippen LogP contribution < -0.4 is 0 Å². The number of ketones is 1. The first-order chi connectivity index (χ1) is 15.9. The lowest BCUT2D eigenvalue weighted by molar-refractivity contribution is -0.231. The first-order valence-corrected chi connectivity index (χ1v) is 12.2. The van der Waals surface area contributed by atoms with Crippen molar-refractivity contribution in [2.75, 3.05) is 40.3 Å². The quantitative estimate of drug-likeness (QED) is 0.663. The molecule has 3 saturated heterocycles. The summed E-state index contributed by atoms with van der Waals surface area (Å²) in [7, 11) is 4.23. The van der Waals surface area contributed by atoms with Crippen LogP contribution in [0, 0.1) is 11.8 Å². The molecule has 1 spiro atoms. The molecule has 3 aliphatic rings. The molecule has 3 aliphatic heterocycles. The van der Waals surface area contributed by atoms with Gasteiger partial charge in [0.05, 0.1) is 0 Å². The number of piperidine rings is 2. The summed E-state index contributed by atoms with van der Waals surface area (Å²) in [6.45, 7) is 8.14. The van der Waals surface area contributed by atoms with Crippen molar-refractivity contribution in [1.29, 1.82) is 0 Å². The molecule has 0 bridgehead atoms. The molecule has 178 valence electrons. The van der Waals surface area contributed by atoms with Gasteiger partial charge in [-0.15, -0.1) is 0 Å². The molecule has 5 nitrogen and oxygen atoms in total. The van der Waals surface area contributed by atoms with E-state index in [1.165, 1.54) is 11.1 Å². The smallest absolute Gasteiger partial charge is 0.175 e. The minimum absolute atomic E-state index is 0.0561. The summed E-state index contributed by atoms with van der Waals surface area (Å²) in [6.07, 6.45) is 1.55. The van der Waals surface area contributed by atoms with E-state index in [-0.39, 0.29) is 18.1 Å². The van der Waals surface area contributed by atoms with Crippen LogP contribution in [0.5, 0.6) is 0 Å². The van der Waals surface area contributed by atoms with Gasteiger partial charge in [0.2, 0.25) is 0 Å². The highest BCUT2D eigenvalue weighted by Gasteiger charge is 2.53. The molecule has 33 heavy (non-hydrogen) atoms. The van der Waals surface area contributed by atoms with Crippen LogP contribution in [-0.2, 0) is 14.3 Å². The van der Waals surface area contributed by atoms with Gasteiger partial charge in [-0.05, 0) is 25.2 Å². The summed E-state index contributed by atoms with van der Waals surface area (Å²) in [5.41, 5.74) is 2.38. The Bertz CT molecular complexity index is 856. The minimum Gasteiger partial charge on any atom is -0.338 e. The van der Waals surface area contributed by atoms with Crippen LogP contribution in [0.1, 0.15) is 50.0 Å². The first-order valence-electron chi connectivity index (χ1n) is 12.2. The third-order valence-electron chi connectivity index (χ3n) is 7.24. The van der Waals surface area contributed by atoms with E-state index in [9.17, 15) is 4.79 Å². The van der Waals surface area contributed by atoms with Gasteiger partial charge in [0, 0.05) is 50.9 Å². The monoisotopic (exact) mass is 450 g/mol. The molecule has 0 amide bonds. The van der Waals surface area contributed by atoms with E-state index in [2.05, 4.69) is 79.3 Å². The van der Waals surface area contributed by atoms with Gasteiger partial charge in [-0.25, -0.2) is 0 Å². The molecule has 0 aliphatic carbocycles. The van der Waals surface area contributed by atoms with Crippen molar-refractivity contribution in [1.82, 2.24) is 9.80 Å². The number of ether oxygens (including phenoxy) is 2. The van der Waals surface area contributed by atoms with E-state index >= 15 is 0 Å². The third kappa shape index (κ3) is 5.55. The van der Waals surface area contributed by atoms with Crippen molar-refractivity contribution in [3.63, 3.8) is 0 Å². The van der Waals surface area contributed by atoms with Crippen molar-refractivity contribution in [3.05, 3.63) is 71.8 Å². The SMILES string of the molecule is CC1CN(C)CCC12OC(c1ccccc1)C(c1ccccc1)O2.CC1CN(C)CCC1=O. The van der Waals surface area contributed by atoms with Gasteiger partial charge in [0.15, 0.2) is 5.79 Å². The highest BCUT2D eigenvalue weighted by molar-refractivity contribution is 5.81.